The van der Waals surface area contributed by atoms with Crippen LogP contribution in [0.15, 0.2) is 85.2 Å². The Morgan fingerprint density at radius 1 is 0.878 bits per heavy atom. The first kappa shape index (κ1) is 26.9. The number of H-pyrrole nitrogens is 1. The molecular weight excluding hydrogens is 512 g/mol. The van der Waals surface area contributed by atoms with Gasteiger partial charge in [-0.1, -0.05) is 54.6 Å². The molecule has 0 spiro atoms. The lowest BCUT2D eigenvalue weighted by atomic mass is 10.0. The number of hydrogen-bond donors (Lipinski definition) is 3. The van der Waals surface area contributed by atoms with E-state index in [-0.39, 0.29) is 6.10 Å². The molecule has 0 unspecified atom stereocenters. The number of likely N-dealkylation sites (tertiary alicyclic amines) is 1. The normalized spacial score (nSPS) is 14.4. The maximum atomic E-state index is 9.65. The average molecular weight is 549 g/mol. The van der Waals surface area contributed by atoms with Gasteiger partial charge in [0, 0.05) is 31.7 Å². The monoisotopic (exact) mass is 548 g/mol. The Balaban J connectivity index is 1.02. The Kier molecular flexibility index (Phi) is 8.49. The van der Waals surface area contributed by atoms with Crippen LogP contribution in [0.4, 0.5) is 5.82 Å². The van der Waals surface area contributed by atoms with Crippen LogP contribution in [0.1, 0.15) is 24.8 Å². The fourth-order valence-electron chi connectivity index (χ4n) is 5.25. The summed E-state index contributed by atoms with van der Waals surface area (Å²) in [6.45, 7) is 4.36. The molecule has 0 saturated carbocycles. The predicted molar refractivity (Wildman–Crippen MR) is 163 cm³/mol. The van der Waals surface area contributed by atoms with Gasteiger partial charge in [-0.15, -0.1) is 0 Å². The molecule has 0 radical (unpaired) electrons. The lowest BCUT2D eigenvalue weighted by molar-refractivity contribution is 0.0800. The Morgan fingerprint density at radius 2 is 1.61 bits per heavy atom. The second-order valence-electron chi connectivity index (χ2n) is 10.5. The number of nitrogens with zero attached hydrogens (tertiary/aromatic N) is 4. The first-order chi connectivity index (χ1) is 20.2. The summed E-state index contributed by atoms with van der Waals surface area (Å²) in [6, 6.07) is 27.1. The molecular formula is C33H36N6O2. The second kappa shape index (κ2) is 12.9. The Bertz CT molecular complexity index is 1530. The number of aromatic nitrogens is 4. The fraction of sp³-hybridized carbons (Fsp3) is 0.303. The lowest BCUT2D eigenvalue weighted by Gasteiger charge is -2.29. The summed E-state index contributed by atoms with van der Waals surface area (Å²) in [5.74, 6) is 2.34. The number of anilines is 1. The van der Waals surface area contributed by atoms with Crippen LogP contribution in [-0.4, -0.2) is 68.8 Å². The molecule has 6 rings (SSSR count). The first-order valence-electron chi connectivity index (χ1n) is 14.4. The van der Waals surface area contributed by atoms with Crippen LogP contribution < -0.4 is 10.1 Å². The van der Waals surface area contributed by atoms with Gasteiger partial charge in [-0.2, -0.15) is 0 Å². The van der Waals surface area contributed by atoms with E-state index >= 15 is 0 Å². The smallest absolute Gasteiger partial charge is 0.183 e. The van der Waals surface area contributed by atoms with Crippen molar-refractivity contribution in [2.24, 2.45) is 0 Å². The van der Waals surface area contributed by atoms with Crippen molar-refractivity contribution in [3.05, 3.63) is 90.8 Å². The van der Waals surface area contributed by atoms with E-state index in [2.05, 4.69) is 73.7 Å². The molecule has 3 N–H and O–H groups in total. The van der Waals surface area contributed by atoms with Crippen molar-refractivity contribution in [1.82, 2.24) is 24.8 Å². The summed E-state index contributed by atoms with van der Waals surface area (Å²) in [7, 11) is 0. The summed E-state index contributed by atoms with van der Waals surface area (Å²) in [6.07, 6.45) is 5.01. The summed E-state index contributed by atoms with van der Waals surface area (Å²) >= 11 is 0. The number of aliphatic hydroxyl groups is 1. The third kappa shape index (κ3) is 6.90. The highest BCUT2D eigenvalue weighted by Gasteiger charge is 2.16. The van der Waals surface area contributed by atoms with Crippen molar-refractivity contribution in [2.45, 2.75) is 31.8 Å². The van der Waals surface area contributed by atoms with Crippen LogP contribution in [0.25, 0.3) is 33.7 Å². The van der Waals surface area contributed by atoms with Crippen molar-refractivity contribution < 1.29 is 9.84 Å². The number of ether oxygens (including phenoxy) is 1. The minimum atomic E-state index is -0.128. The summed E-state index contributed by atoms with van der Waals surface area (Å²) in [5, 5.41) is 13.1. The molecule has 2 aromatic heterocycles. The maximum absolute atomic E-state index is 9.65. The zero-order valence-electron chi connectivity index (χ0n) is 23.2. The van der Waals surface area contributed by atoms with Crippen molar-refractivity contribution in [3.8, 4) is 28.3 Å². The molecule has 0 amide bonds. The van der Waals surface area contributed by atoms with Gasteiger partial charge in [0.2, 0.25) is 0 Å². The van der Waals surface area contributed by atoms with Crippen LogP contribution >= 0.6 is 0 Å². The highest BCUT2D eigenvalue weighted by molar-refractivity contribution is 5.85. The van der Waals surface area contributed by atoms with Gasteiger partial charge in [-0.25, -0.2) is 15.0 Å². The molecule has 5 aromatic rings. The number of rotatable bonds is 11. The van der Waals surface area contributed by atoms with Crippen LogP contribution in [0, 0.1) is 0 Å². The van der Waals surface area contributed by atoms with Crippen LogP contribution in [0.2, 0.25) is 0 Å². The van der Waals surface area contributed by atoms with E-state index in [1.54, 1.807) is 6.33 Å². The van der Waals surface area contributed by atoms with E-state index < -0.39 is 0 Å². The number of piperidine rings is 1. The van der Waals surface area contributed by atoms with Gasteiger partial charge in [-0.3, -0.25) is 0 Å². The molecule has 8 heteroatoms. The third-order valence-corrected chi connectivity index (χ3v) is 7.63. The van der Waals surface area contributed by atoms with E-state index in [1.807, 2.05) is 30.3 Å². The van der Waals surface area contributed by atoms with Crippen molar-refractivity contribution in [1.29, 1.82) is 0 Å². The molecule has 0 atom stereocenters. The Morgan fingerprint density at radius 3 is 2.39 bits per heavy atom. The van der Waals surface area contributed by atoms with Crippen molar-refractivity contribution >= 4 is 17.0 Å². The quantitative estimate of drug-likeness (QED) is 0.186. The molecule has 1 aliphatic rings. The molecule has 8 nitrogen and oxygen atoms in total. The van der Waals surface area contributed by atoms with E-state index in [1.165, 1.54) is 16.7 Å². The van der Waals surface area contributed by atoms with Gasteiger partial charge < -0.3 is 25.0 Å². The number of nitrogens with one attached hydrogen (secondary N) is 2. The van der Waals surface area contributed by atoms with E-state index in [0.717, 1.165) is 80.3 Å². The van der Waals surface area contributed by atoms with E-state index in [9.17, 15) is 5.11 Å². The second-order valence-corrected chi connectivity index (χ2v) is 10.5. The molecule has 3 aromatic carbocycles. The molecule has 0 bridgehead atoms. The molecule has 1 fully saturated rings. The minimum Gasteiger partial charge on any atom is -0.494 e. The third-order valence-electron chi connectivity index (χ3n) is 7.63. The topological polar surface area (TPSA) is 99.2 Å². The van der Waals surface area contributed by atoms with E-state index in [0.29, 0.717) is 12.3 Å². The molecule has 210 valence electrons. The Labute approximate surface area is 240 Å². The Hall–Kier alpha value is -4.27. The molecule has 0 aliphatic carbocycles. The van der Waals surface area contributed by atoms with Crippen molar-refractivity contribution in [3.63, 3.8) is 0 Å². The number of imidazole rings is 1. The van der Waals surface area contributed by atoms with Gasteiger partial charge in [0.05, 0.1) is 12.7 Å². The van der Waals surface area contributed by atoms with Gasteiger partial charge >= 0.3 is 0 Å². The molecule has 3 heterocycles. The number of fused-ring (bicyclic) bond motifs is 1. The number of aromatic amines is 1. The molecule has 41 heavy (non-hydrogen) atoms. The summed E-state index contributed by atoms with van der Waals surface area (Å²) in [4.78, 5) is 19.3. The minimum absolute atomic E-state index is 0.128. The summed E-state index contributed by atoms with van der Waals surface area (Å²) in [5.41, 5.74) is 6.11. The first-order valence-corrected chi connectivity index (χ1v) is 14.4. The highest BCUT2D eigenvalue weighted by atomic mass is 16.5. The zero-order valence-corrected chi connectivity index (χ0v) is 23.2. The molecule has 1 saturated heterocycles. The molecule has 1 aliphatic heterocycles. The lowest BCUT2D eigenvalue weighted by Crippen LogP contribution is -2.36. The SMILES string of the molecule is OC1CCN(CCCOc2ccc(-c3nc4ncnc(NCCc5ccc(-c6ccccc6)cc5)c4[nH]3)cc2)CC1. The number of aliphatic hydroxyl groups excluding tert-OH is 1. The summed E-state index contributed by atoms with van der Waals surface area (Å²) < 4.78 is 5.96. The largest absolute Gasteiger partial charge is 0.494 e. The van der Waals surface area contributed by atoms with Gasteiger partial charge in [0.25, 0.3) is 0 Å². The standard InChI is InChI=1S/C33H36N6O2/c40-28-16-20-39(21-17-28)19-4-22-41-29-13-11-27(12-14-29)31-37-30-32(35-23-36-33(30)38-31)34-18-15-24-7-9-26(10-8-24)25-5-2-1-3-6-25/h1-3,5-14,23,28,40H,4,15-22H2,(H2,34,35,36,37,38). The van der Waals surface area contributed by atoms with Crippen molar-refractivity contribution in [2.75, 3.05) is 38.1 Å². The average Bonchev–Trinajstić information content (AvgIpc) is 3.47. The number of benzene rings is 3. The van der Waals surface area contributed by atoms with Gasteiger partial charge in [0.15, 0.2) is 11.5 Å². The van der Waals surface area contributed by atoms with Gasteiger partial charge in [0.1, 0.15) is 23.4 Å². The fourth-order valence-corrected chi connectivity index (χ4v) is 5.25. The number of hydrogen-bond acceptors (Lipinski definition) is 7. The highest BCUT2D eigenvalue weighted by Crippen LogP contribution is 2.25. The van der Waals surface area contributed by atoms with Crippen LogP contribution in [0.3, 0.4) is 0 Å². The maximum Gasteiger partial charge on any atom is 0.183 e. The predicted octanol–water partition coefficient (Wildman–Crippen LogP) is 5.57. The zero-order chi connectivity index (χ0) is 27.9. The van der Waals surface area contributed by atoms with E-state index in [4.69, 9.17) is 9.72 Å². The van der Waals surface area contributed by atoms with Crippen LogP contribution in [0.5, 0.6) is 5.75 Å². The van der Waals surface area contributed by atoms with Gasteiger partial charge in [-0.05, 0) is 66.6 Å². The van der Waals surface area contributed by atoms with Crippen LogP contribution in [-0.2, 0) is 6.42 Å².